The minimum Gasteiger partial charge on any atom is -0.481 e. The zero-order valence-electron chi connectivity index (χ0n) is 56.7. The molecule has 558 valence electrons. The summed E-state index contributed by atoms with van der Waals surface area (Å²) >= 11 is 8.14. The number of carboxylic acids is 2. The third-order valence-corrected chi connectivity index (χ3v) is 16.1. The first-order valence-corrected chi connectivity index (χ1v) is 34.2. The molecule has 1 saturated heterocycles. The number of hydrogen-bond acceptors (Lipinski definition) is 20. The second kappa shape index (κ2) is 46.9. The average Bonchev–Trinajstić information content (AvgIpc) is 1.64. The number of hydrogen-bond donors (Lipinski definition) is 20. The summed E-state index contributed by atoms with van der Waals surface area (Å²) in [6.45, 7) is 4.79. The van der Waals surface area contributed by atoms with E-state index < -0.39 is 182 Å². The number of carbonyl (C=O) groups is 16. The first-order valence-electron chi connectivity index (χ1n) is 32.9. The van der Waals surface area contributed by atoms with Crippen molar-refractivity contribution in [2.45, 2.75) is 178 Å². The van der Waals surface area contributed by atoms with E-state index in [4.69, 9.17) is 22.9 Å². The zero-order valence-corrected chi connectivity index (χ0v) is 58.5. The lowest BCUT2D eigenvalue weighted by Crippen LogP contribution is -2.58. The smallest absolute Gasteiger partial charge is 0.305 e. The molecule has 0 radical (unpaired) electrons. The molecule has 9 atom stereocenters. The number of aliphatic carboxylic acids is 2. The first kappa shape index (κ1) is 86.8. The van der Waals surface area contributed by atoms with Crippen LogP contribution in [0.4, 0.5) is 0 Å². The van der Waals surface area contributed by atoms with Gasteiger partial charge in [-0.15, -0.1) is 0 Å². The van der Waals surface area contributed by atoms with Crippen LogP contribution in [0.5, 0.6) is 0 Å². The van der Waals surface area contributed by atoms with E-state index in [9.17, 15) is 86.9 Å². The number of benzene rings is 1. The Balaban J connectivity index is 2.19. The number of guanidine groups is 1. The second-order valence-corrected chi connectivity index (χ2v) is 24.8. The summed E-state index contributed by atoms with van der Waals surface area (Å²) in [5.74, 6) is -16.8. The van der Waals surface area contributed by atoms with Crippen molar-refractivity contribution in [3.8, 4) is 0 Å². The Morgan fingerprint density at radius 1 is 0.530 bits per heavy atom. The van der Waals surface area contributed by atoms with Crippen molar-refractivity contribution >= 4 is 126 Å². The number of primary amides is 1. The van der Waals surface area contributed by atoms with Crippen molar-refractivity contribution in [1.82, 2.24) is 68.7 Å². The van der Waals surface area contributed by atoms with Crippen LogP contribution in [0.25, 0.3) is 0 Å². The maximum atomic E-state index is 14.0. The summed E-state index contributed by atoms with van der Waals surface area (Å²) in [6, 6.07) is -4.23. The molecule has 1 heterocycles. The van der Waals surface area contributed by atoms with E-state index in [0.29, 0.717) is 24.8 Å². The number of carbonyl (C=O) groups excluding carboxylic acids is 14. The van der Waals surface area contributed by atoms with Crippen molar-refractivity contribution in [3.05, 3.63) is 35.9 Å². The first-order chi connectivity index (χ1) is 47.4. The Labute approximate surface area is 590 Å². The van der Waals surface area contributed by atoms with E-state index in [0.717, 1.165) is 17.7 Å². The van der Waals surface area contributed by atoms with Crippen LogP contribution in [0.2, 0.25) is 0 Å². The molecule has 1 aliphatic heterocycles. The van der Waals surface area contributed by atoms with Gasteiger partial charge in [0.2, 0.25) is 82.7 Å². The highest BCUT2D eigenvalue weighted by molar-refractivity contribution is 7.80. The van der Waals surface area contributed by atoms with Crippen molar-refractivity contribution in [2.24, 2.45) is 39.8 Å². The SMILES string of the molecule is CCCC(CCC)C(=O)NCC(=O)N[C@@H](Cc1ccccc1)C(=O)N[C@@H](CC(C)C)C(=O)NCC(=O)N[C@@H](CS)C(=O)N[C@@H](CCCN=C(N)N)C(=O)NCC(=O)N[C@@H](CC(=O)O)C(=O)N[C@@H](CCCCN)C(=O)NCC(=O)N1CCC[C@H]1C(=O)N[C@@H](CC(=O)O)C(=O)N[C@@H](CS)C(N)=O. The van der Waals surface area contributed by atoms with Gasteiger partial charge in [-0.3, -0.25) is 81.7 Å². The molecule has 36 nitrogen and oxygen atoms in total. The summed E-state index contributed by atoms with van der Waals surface area (Å²) in [5.41, 5.74) is 22.5. The van der Waals surface area contributed by atoms with Gasteiger partial charge in [-0.1, -0.05) is 70.9 Å². The van der Waals surface area contributed by atoms with Crippen LogP contribution in [0.3, 0.4) is 0 Å². The Hall–Kier alpha value is -9.33. The number of carboxylic acid groups (broad SMARTS) is 2. The van der Waals surface area contributed by atoms with Crippen LogP contribution in [0.1, 0.15) is 123 Å². The largest absolute Gasteiger partial charge is 0.481 e. The number of nitrogens with two attached hydrogens (primary N) is 4. The molecular formula is C62H100N18O18S2. The minimum absolute atomic E-state index is 0.00420. The van der Waals surface area contributed by atoms with Crippen LogP contribution in [-0.4, -0.2) is 227 Å². The van der Waals surface area contributed by atoms with Gasteiger partial charge in [0.15, 0.2) is 5.96 Å². The predicted molar refractivity (Wildman–Crippen MR) is 369 cm³/mol. The number of thiol groups is 2. The van der Waals surface area contributed by atoms with Gasteiger partial charge in [0.25, 0.3) is 0 Å². The van der Waals surface area contributed by atoms with Crippen LogP contribution in [0.15, 0.2) is 35.3 Å². The number of nitrogens with zero attached hydrogens (tertiary/aromatic N) is 2. The highest BCUT2D eigenvalue weighted by atomic mass is 32.1. The van der Waals surface area contributed by atoms with Crippen LogP contribution in [-0.2, 0) is 83.1 Å². The predicted octanol–water partition coefficient (Wildman–Crippen LogP) is -5.70. The van der Waals surface area contributed by atoms with E-state index in [2.05, 4.69) is 94.1 Å². The quantitative estimate of drug-likeness (QED) is 0.0125. The van der Waals surface area contributed by atoms with Crippen LogP contribution in [0, 0.1) is 11.8 Å². The Morgan fingerprint density at radius 2 is 0.980 bits per heavy atom. The summed E-state index contributed by atoms with van der Waals surface area (Å²) in [5, 5.41) is 48.3. The highest BCUT2D eigenvalue weighted by Crippen LogP contribution is 2.19. The zero-order chi connectivity index (χ0) is 75.0. The lowest BCUT2D eigenvalue weighted by molar-refractivity contribution is -0.143. The van der Waals surface area contributed by atoms with Gasteiger partial charge in [0, 0.05) is 36.9 Å². The Bertz CT molecular complexity index is 2990. The molecule has 1 fully saturated rings. The van der Waals surface area contributed by atoms with Crippen molar-refractivity contribution in [1.29, 1.82) is 0 Å². The molecule has 14 amide bonds. The van der Waals surface area contributed by atoms with Crippen LogP contribution < -0.4 is 86.7 Å². The normalized spacial score (nSPS) is 14.8. The number of aliphatic imine (C=N–C) groups is 1. The lowest BCUT2D eigenvalue weighted by atomic mass is 9.97. The fraction of sp³-hybridized carbons (Fsp3) is 0.629. The molecule has 100 heavy (non-hydrogen) atoms. The van der Waals surface area contributed by atoms with Gasteiger partial charge in [0.1, 0.15) is 54.4 Å². The van der Waals surface area contributed by atoms with Gasteiger partial charge < -0.3 is 102 Å². The molecule has 22 N–H and O–H groups in total. The average molecular weight is 1450 g/mol. The molecule has 38 heteroatoms. The third kappa shape index (κ3) is 33.5. The minimum atomic E-state index is -1.89. The molecule has 0 aliphatic carbocycles. The molecule has 0 aromatic heterocycles. The number of nitrogens with one attached hydrogen (secondary N) is 12. The summed E-state index contributed by atoms with van der Waals surface area (Å²) in [6.07, 6.45) is 1.61. The van der Waals surface area contributed by atoms with Gasteiger partial charge in [-0.25, -0.2) is 0 Å². The number of rotatable bonds is 48. The number of amides is 14. The summed E-state index contributed by atoms with van der Waals surface area (Å²) < 4.78 is 0. The summed E-state index contributed by atoms with van der Waals surface area (Å²) in [7, 11) is 0. The van der Waals surface area contributed by atoms with E-state index in [1.54, 1.807) is 44.2 Å². The molecule has 0 spiro atoms. The maximum Gasteiger partial charge on any atom is 0.305 e. The molecule has 1 aromatic carbocycles. The van der Waals surface area contributed by atoms with E-state index in [1.165, 1.54) is 0 Å². The topological polar surface area (TPSA) is 578 Å². The van der Waals surface area contributed by atoms with Gasteiger partial charge in [-0.2, -0.15) is 25.3 Å². The fourth-order valence-corrected chi connectivity index (χ4v) is 10.8. The number of likely N-dealkylation sites (tertiary alicyclic amines) is 1. The molecule has 0 bridgehead atoms. The van der Waals surface area contributed by atoms with Crippen molar-refractivity contribution < 1.29 is 86.9 Å². The molecule has 0 unspecified atom stereocenters. The Morgan fingerprint density at radius 3 is 1.47 bits per heavy atom. The second-order valence-electron chi connectivity index (χ2n) is 24.1. The fourth-order valence-electron chi connectivity index (χ4n) is 10.3. The molecule has 2 rings (SSSR count). The molecule has 0 saturated carbocycles. The Kier molecular flexibility index (Phi) is 40.6. The van der Waals surface area contributed by atoms with E-state index in [-0.39, 0.29) is 106 Å². The molecule has 1 aliphatic rings. The molecule has 1 aromatic rings. The van der Waals surface area contributed by atoms with Crippen LogP contribution >= 0.6 is 25.3 Å². The third-order valence-electron chi connectivity index (χ3n) is 15.4. The van der Waals surface area contributed by atoms with Gasteiger partial charge in [0.05, 0.1) is 39.0 Å². The maximum absolute atomic E-state index is 14.0. The van der Waals surface area contributed by atoms with E-state index in [1.807, 2.05) is 13.8 Å². The van der Waals surface area contributed by atoms with Gasteiger partial charge >= 0.3 is 11.9 Å². The summed E-state index contributed by atoms with van der Waals surface area (Å²) in [4.78, 5) is 216. The van der Waals surface area contributed by atoms with Crippen molar-refractivity contribution in [2.75, 3.05) is 57.3 Å². The van der Waals surface area contributed by atoms with E-state index >= 15 is 0 Å². The highest BCUT2D eigenvalue weighted by Gasteiger charge is 2.38. The van der Waals surface area contributed by atoms with Crippen molar-refractivity contribution in [3.63, 3.8) is 0 Å². The monoisotopic (exact) mass is 1450 g/mol. The molecular weight excluding hydrogens is 1350 g/mol. The standard InChI is InChI=1S/C62H100N18O18S2/c1-5-14-36(15-6-2)53(90)68-28-46(81)72-40(25-35-16-8-7-9-17-35)57(94)77-39(24-34(3)4)56(93)70-30-48(83)74-44(33-100)60(97)76-38(19-12-22-67-62(65)66)54(91)69-29-47(82)73-41(26-50(85)86)58(95)75-37(18-10-11-21-63)55(92)71-31-49(84)80-23-13-20-45(80)61(98)78-42(27-51(87)88)59(96)79-43(32-99)52(64)89/h7-9,16-17,34,36-45,99-100H,5-6,10-15,18-33,63H2,1-4H3,(H2,64,89)(H,68,90)(H,69,91)(H,70,93)(H,71,92)(H,72,81)(H,73,82)(H,74,83)(H,75,95)(H,76,97)(H,77,94)(H,78,98)(H,79,96)(H,85,86)(H,87,88)(H4,65,66,67)/t37-,38-,39-,40-,41-,42-,43-,44-,45-/m0/s1. The van der Waals surface area contributed by atoms with Gasteiger partial charge in [-0.05, 0) is 82.2 Å². The number of unbranched alkanes of at least 4 members (excludes halogenated alkanes) is 1. The lowest BCUT2D eigenvalue weighted by Gasteiger charge is -2.27.